The van der Waals surface area contributed by atoms with Gasteiger partial charge >= 0.3 is 0 Å². The zero-order valence-electron chi connectivity index (χ0n) is 21.3. The minimum Gasteiger partial charge on any atom is -0.289 e. The van der Waals surface area contributed by atoms with Crippen LogP contribution in [0.25, 0.3) is 0 Å². The van der Waals surface area contributed by atoms with Crippen LogP contribution in [-0.4, -0.2) is 34.7 Å². The van der Waals surface area contributed by atoms with Gasteiger partial charge in [-0.1, -0.05) is 30.3 Å². The maximum absolute atomic E-state index is 5.07. The Kier molecular flexibility index (Phi) is 8.85. The Bertz CT molecular complexity index is 1180. The first-order valence-corrected chi connectivity index (χ1v) is 12.8. The summed E-state index contributed by atoms with van der Waals surface area (Å²) < 4.78 is 0. The zero-order valence-corrected chi connectivity index (χ0v) is 21.3. The number of aromatic nitrogens is 5. The molecule has 0 fully saturated rings. The number of nitrogens with zero attached hydrogens (tertiary/aromatic N) is 7. The third kappa shape index (κ3) is 7.83. The third-order valence-corrected chi connectivity index (χ3v) is 6.15. The van der Waals surface area contributed by atoms with Gasteiger partial charge in [-0.25, -0.2) is 0 Å². The second kappa shape index (κ2) is 13.3. The van der Waals surface area contributed by atoms with Crippen LogP contribution in [0.4, 0.5) is 0 Å². The molecule has 0 spiro atoms. The Morgan fingerprint density at radius 3 is 1.03 bits per heavy atom. The van der Waals surface area contributed by atoms with Crippen molar-refractivity contribution < 1.29 is 0 Å². The summed E-state index contributed by atoms with van der Waals surface area (Å²) in [5, 5.41) is 0. The lowest BCUT2D eigenvalue weighted by Gasteiger charge is -2.24. The van der Waals surface area contributed by atoms with E-state index in [1.54, 1.807) is 0 Å². The first-order chi connectivity index (χ1) is 18.8. The molecule has 0 amide bonds. The van der Waals surface area contributed by atoms with Gasteiger partial charge < -0.3 is 0 Å². The van der Waals surface area contributed by atoms with Gasteiger partial charge in [-0.15, -0.1) is 0 Å². The van der Waals surface area contributed by atoms with E-state index in [1.165, 1.54) is 22.3 Å². The van der Waals surface area contributed by atoms with Gasteiger partial charge in [-0.05, 0) is 58.7 Å². The highest BCUT2D eigenvalue weighted by molar-refractivity contribution is 5.16. The van der Waals surface area contributed by atoms with Crippen molar-refractivity contribution in [2.24, 2.45) is 0 Å². The van der Waals surface area contributed by atoms with Crippen LogP contribution in [0.15, 0.2) is 116 Å². The molecular weight excluding hydrogens is 470 g/mol. The van der Waals surface area contributed by atoms with Gasteiger partial charge in [0.2, 0.25) is 0 Å². The highest BCUT2D eigenvalue weighted by Crippen LogP contribution is 2.16. The minimum absolute atomic E-state index is 0.725. The molecule has 0 saturated carbocycles. The van der Waals surface area contributed by atoms with Crippen LogP contribution >= 0.6 is 0 Å². The largest absolute Gasteiger partial charge is 0.289 e. The van der Waals surface area contributed by atoms with Crippen LogP contribution in [0.1, 0.15) is 33.6 Å². The van der Waals surface area contributed by atoms with E-state index >= 15 is 0 Å². The van der Waals surface area contributed by atoms with Crippen molar-refractivity contribution in [2.75, 3.05) is 0 Å². The van der Waals surface area contributed by atoms with Gasteiger partial charge in [0.05, 0.1) is 11.4 Å². The molecule has 0 N–H and O–H groups in total. The lowest BCUT2D eigenvalue weighted by Crippen LogP contribution is -2.25. The topological polar surface area (TPSA) is 70.9 Å². The highest BCUT2D eigenvalue weighted by Gasteiger charge is 2.13. The van der Waals surface area contributed by atoms with E-state index in [-0.39, 0.29) is 0 Å². The van der Waals surface area contributed by atoms with Crippen molar-refractivity contribution in [3.8, 4) is 0 Å². The third-order valence-electron chi connectivity index (χ3n) is 6.15. The predicted octanol–water partition coefficient (Wildman–Crippen LogP) is 5.07. The van der Waals surface area contributed by atoms with Crippen LogP contribution in [0.3, 0.4) is 0 Å². The first kappa shape index (κ1) is 25.3. The summed E-state index contributed by atoms with van der Waals surface area (Å²) in [5.74, 6) is 0. The van der Waals surface area contributed by atoms with E-state index < -0.39 is 0 Å². The molecule has 0 atom stereocenters. The summed E-state index contributed by atoms with van der Waals surface area (Å²) in [4.78, 5) is 27.0. The fourth-order valence-corrected chi connectivity index (χ4v) is 4.50. The van der Waals surface area contributed by atoms with E-state index in [0.29, 0.717) is 0 Å². The molecular formula is C31H31N7. The summed E-state index contributed by atoms with van der Waals surface area (Å²) in [6, 6.07) is 22.7. The highest BCUT2D eigenvalue weighted by atomic mass is 15.1. The molecule has 38 heavy (non-hydrogen) atoms. The Morgan fingerprint density at radius 1 is 0.395 bits per heavy atom. The molecule has 0 bridgehead atoms. The van der Waals surface area contributed by atoms with Crippen molar-refractivity contribution in [3.63, 3.8) is 0 Å². The summed E-state index contributed by atoms with van der Waals surface area (Å²) in [7, 11) is 0. The lowest BCUT2D eigenvalue weighted by atomic mass is 10.2. The molecule has 0 unspecified atom stereocenters. The van der Waals surface area contributed by atoms with E-state index in [1.807, 2.05) is 73.8 Å². The first-order valence-electron chi connectivity index (χ1n) is 12.8. The van der Waals surface area contributed by atoms with E-state index in [0.717, 1.165) is 50.7 Å². The molecule has 0 aliphatic carbocycles. The minimum atomic E-state index is 0.725. The van der Waals surface area contributed by atoms with Crippen LogP contribution in [0.5, 0.6) is 0 Å². The smallest absolute Gasteiger partial charge is 0.0548 e. The van der Waals surface area contributed by atoms with Crippen molar-refractivity contribution in [1.29, 1.82) is 0 Å². The number of hydrogen-bond acceptors (Lipinski definition) is 7. The summed E-state index contributed by atoms with van der Waals surface area (Å²) >= 11 is 0. The number of pyridine rings is 5. The Labute approximate surface area is 223 Å². The summed E-state index contributed by atoms with van der Waals surface area (Å²) in [6.45, 7) is 4.57. The van der Waals surface area contributed by atoms with Crippen molar-refractivity contribution >= 4 is 0 Å². The van der Waals surface area contributed by atoms with Crippen molar-refractivity contribution in [2.45, 2.75) is 39.3 Å². The molecule has 5 aromatic heterocycles. The van der Waals surface area contributed by atoms with Gasteiger partial charge in [-0.2, -0.15) is 0 Å². The molecule has 0 aliphatic heterocycles. The fraction of sp³-hybridized carbons (Fsp3) is 0.194. The van der Waals surface area contributed by atoms with Gasteiger partial charge in [0.1, 0.15) is 0 Å². The van der Waals surface area contributed by atoms with Crippen LogP contribution < -0.4 is 0 Å². The lowest BCUT2D eigenvalue weighted by molar-refractivity contribution is 0.237. The second-order valence-corrected chi connectivity index (χ2v) is 9.36. The standard InChI is InChI=1S/C31H31N7/c1-10-30(24-37(20-26-6-2-12-32-16-26)21-27-7-3-13-33-17-27)36-31(11-1)25-38(22-28-8-4-14-34-18-28)23-29-9-5-15-35-19-29/h1-19H,20-25H2. The maximum Gasteiger partial charge on any atom is 0.0548 e. The normalized spacial score (nSPS) is 11.2. The van der Waals surface area contributed by atoms with Gasteiger partial charge in [0, 0.05) is 88.8 Å². The Balaban J connectivity index is 1.32. The van der Waals surface area contributed by atoms with Crippen molar-refractivity contribution in [3.05, 3.63) is 150 Å². The summed E-state index contributed by atoms with van der Waals surface area (Å²) in [6.07, 6.45) is 14.9. The van der Waals surface area contributed by atoms with Gasteiger partial charge in [0.25, 0.3) is 0 Å². The van der Waals surface area contributed by atoms with Crippen molar-refractivity contribution in [1.82, 2.24) is 34.7 Å². The molecule has 0 aromatic carbocycles. The number of hydrogen-bond donors (Lipinski definition) is 0. The Morgan fingerprint density at radius 2 is 0.737 bits per heavy atom. The molecule has 7 nitrogen and oxygen atoms in total. The monoisotopic (exact) mass is 501 g/mol. The second-order valence-electron chi connectivity index (χ2n) is 9.36. The molecule has 0 radical (unpaired) electrons. The van der Waals surface area contributed by atoms with E-state index in [9.17, 15) is 0 Å². The SMILES string of the molecule is c1cncc(CN(Cc2cccnc2)Cc2cccc(CN(Cc3cccnc3)Cc3cccnc3)n2)c1. The van der Waals surface area contributed by atoms with Crippen LogP contribution in [0, 0.1) is 0 Å². The molecule has 190 valence electrons. The molecule has 0 saturated heterocycles. The molecule has 5 heterocycles. The van der Waals surface area contributed by atoms with Crippen LogP contribution in [-0.2, 0) is 39.3 Å². The fourth-order valence-electron chi connectivity index (χ4n) is 4.50. The van der Waals surface area contributed by atoms with Gasteiger partial charge in [-0.3, -0.25) is 34.7 Å². The average Bonchev–Trinajstić information content (AvgIpc) is 2.95. The molecule has 0 aliphatic rings. The van der Waals surface area contributed by atoms with Crippen LogP contribution in [0.2, 0.25) is 0 Å². The maximum atomic E-state index is 5.07. The average molecular weight is 502 g/mol. The molecule has 7 heteroatoms. The van der Waals surface area contributed by atoms with Gasteiger partial charge in [0.15, 0.2) is 0 Å². The predicted molar refractivity (Wildman–Crippen MR) is 147 cm³/mol. The zero-order chi connectivity index (χ0) is 25.8. The Hall–Kier alpha value is -4.33. The molecule has 5 rings (SSSR count). The quantitative estimate of drug-likeness (QED) is 0.236. The number of rotatable bonds is 12. The molecule has 5 aromatic rings. The summed E-state index contributed by atoms with van der Waals surface area (Å²) in [5.41, 5.74) is 6.77. The van der Waals surface area contributed by atoms with E-state index in [4.69, 9.17) is 4.98 Å². The van der Waals surface area contributed by atoms with E-state index in [2.05, 4.69) is 72.2 Å².